The van der Waals surface area contributed by atoms with Crippen LogP contribution in [0.3, 0.4) is 0 Å². The van der Waals surface area contributed by atoms with Gasteiger partial charge in [0.05, 0.1) is 0 Å². The van der Waals surface area contributed by atoms with Gasteiger partial charge in [-0.05, 0) is 34.7 Å². The Morgan fingerprint density at radius 3 is 2.47 bits per heavy atom. The van der Waals surface area contributed by atoms with Gasteiger partial charge >= 0.3 is 0 Å². The van der Waals surface area contributed by atoms with Crippen molar-refractivity contribution in [1.29, 1.82) is 0 Å². The van der Waals surface area contributed by atoms with Gasteiger partial charge in [0.2, 0.25) is 5.95 Å². The molecule has 1 aromatic rings. The summed E-state index contributed by atoms with van der Waals surface area (Å²) in [6, 6.07) is 0. The Morgan fingerprint density at radius 2 is 2.00 bits per heavy atom. The van der Waals surface area contributed by atoms with Crippen LogP contribution in [0.15, 0.2) is 6.20 Å². The summed E-state index contributed by atoms with van der Waals surface area (Å²) in [5.74, 6) is 0.694. The van der Waals surface area contributed by atoms with Crippen LogP contribution < -0.4 is 10.6 Å². The topological polar surface area (TPSA) is 49.8 Å². The molecule has 0 bridgehead atoms. The zero-order chi connectivity index (χ0) is 11.5. The standard InChI is InChI=1S/C11H20N4/c1-8-9(6-12-5)7-13-10(14-8)15-11(2,3)4/h7,12H,6H2,1-5H3,(H,13,14,15). The largest absolute Gasteiger partial charge is 0.350 e. The second kappa shape index (κ2) is 4.57. The lowest BCUT2D eigenvalue weighted by atomic mass is 10.1. The highest BCUT2D eigenvalue weighted by atomic mass is 15.1. The average Bonchev–Trinajstić information content (AvgIpc) is 2.07. The summed E-state index contributed by atoms with van der Waals surface area (Å²) in [6.07, 6.45) is 1.87. The van der Waals surface area contributed by atoms with E-state index in [1.807, 2.05) is 20.2 Å². The maximum atomic E-state index is 4.41. The van der Waals surface area contributed by atoms with Gasteiger partial charge in [0.25, 0.3) is 0 Å². The van der Waals surface area contributed by atoms with E-state index in [9.17, 15) is 0 Å². The van der Waals surface area contributed by atoms with E-state index >= 15 is 0 Å². The van der Waals surface area contributed by atoms with Crippen LogP contribution in [0.2, 0.25) is 0 Å². The maximum absolute atomic E-state index is 4.41. The molecule has 2 N–H and O–H groups in total. The molecule has 0 saturated carbocycles. The van der Waals surface area contributed by atoms with E-state index in [0.717, 1.165) is 17.8 Å². The SMILES string of the molecule is CNCc1cnc(NC(C)(C)C)nc1C. The number of nitrogens with one attached hydrogen (secondary N) is 2. The lowest BCUT2D eigenvalue weighted by Gasteiger charge is -2.20. The number of anilines is 1. The Kier molecular flexibility index (Phi) is 3.63. The molecule has 1 aromatic heterocycles. The van der Waals surface area contributed by atoms with Gasteiger partial charge in [-0.25, -0.2) is 9.97 Å². The van der Waals surface area contributed by atoms with Crippen LogP contribution in [-0.4, -0.2) is 22.6 Å². The number of aryl methyl sites for hydroxylation is 1. The van der Waals surface area contributed by atoms with Crippen molar-refractivity contribution in [3.8, 4) is 0 Å². The first kappa shape index (κ1) is 11.9. The maximum Gasteiger partial charge on any atom is 0.223 e. The highest BCUT2D eigenvalue weighted by molar-refractivity contribution is 5.31. The Morgan fingerprint density at radius 1 is 1.33 bits per heavy atom. The molecule has 15 heavy (non-hydrogen) atoms. The molecule has 4 nitrogen and oxygen atoms in total. The molecule has 0 unspecified atom stereocenters. The number of hydrogen-bond donors (Lipinski definition) is 2. The summed E-state index contributed by atoms with van der Waals surface area (Å²) in [4.78, 5) is 8.70. The third-order valence-corrected chi connectivity index (χ3v) is 1.94. The highest BCUT2D eigenvalue weighted by Gasteiger charge is 2.11. The average molecular weight is 208 g/mol. The van der Waals surface area contributed by atoms with Crippen molar-refractivity contribution in [1.82, 2.24) is 15.3 Å². The first-order chi connectivity index (χ1) is 6.92. The summed E-state index contributed by atoms with van der Waals surface area (Å²) >= 11 is 0. The summed E-state index contributed by atoms with van der Waals surface area (Å²) in [7, 11) is 1.92. The van der Waals surface area contributed by atoms with Crippen LogP contribution >= 0.6 is 0 Å². The van der Waals surface area contributed by atoms with Crippen molar-refractivity contribution < 1.29 is 0 Å². The predicted molar refractivity (Wildman–Crippen MR) is 62.9 cm³/mol. The van der Waals surface area contributed by atoms with Crippen molar-refractivity contribution in [2.75, 3.05) is 12.4 Å². The Labute approximate surface area is 91.5 Å². The predicted octanol–water partition coefficient (Wildman–Crippen LogP) is 1.71. The molecule has 0 aliphatic rings. The van der Waals surface area contributed by atoms with Gasteiger partial charge in [-0.2, -0.15) is 0 Å². The van der Waals surface area contributed by atoms with Crippen LogP contribution in [-0.2, 0) is 6.54 Å². The molecule has 0 radical (unpaired) electrons. The molecular formula is C11H20N4. The van der Waals surface area contributed by atoms with Gasteiger partial charge in [-0.1, -0.05) is 0 Å². The van der Waals surface area contributed by atoms with E-state index in [2.05, 4.69) is 41.4 Å². The lowest BCUT2D eigenvalue weighted by Crippen LogP contribution is -2.27. The summed E-state index contributed by atoms with van der Waals surface area (Å²) in [5.41, 5.74) is 2.15. The molecule has 1 rings (SSSR count). The van der Waals surface area contributed by atoms with Crippen LogP contribution in [0, 0.1) is 6.92 Å². The van der Waals surface area contributed by atoms with Crippen molar-refractivity contribution >= 4 is 5.95 Å². The van der Waals surface area contributed by atoms with Crippen molar-refractivity contribution in [3.63, 3.8) is 0 Å². The molecule has 0 fully saturated rings. The van der Waals surface area contributed by atoms with E-state index in [1.165, 1.54) is 0 Å². The fraction of sp³-hybridized carbons (Fsp3) is 0.636. The van der Waals surface area contributed by atoms with Gasteiger partial charge < -0.3 is 10.6 Å². The minimum absolute atomic E-state index is 0.00301. The molecule has 0 aliphatic carbocycles. The fourth-order valence-electron chi connectivity index (χ4n) is 1.25. The third kappa shape index (κ3) is 3.83. The number of rotatable bonds is 3. The lowest BCUT2D eigenvalue weighted by molar-refractivity contribution is 0.624. The van der Waals surface area contributed by atoms with Crippen LogP contribution in [0.5, 0.6) is 0 Å². The summed E-state index contributed by atoms with van der Waals surface area (Å²) < 4.78 is 0. The Balaban J connectivity index is 2.82. The van der Waals surface area contributed by atoms with Gasteiger partial charge in [-0.15, -0.1) is 0 Å². The van der Waals surface area contributed by atoms with Crippen molar-refractivity contribution in [2.24, 2.45) is 0 Å². The zero-order valence-corrected chi connectivity index (χ0v) is 10.2. The van der Waals surface area contributed by atoms with Gasteiger partial charge in [0.15, 0.2) is 0 Å². The Bertz CT molecular complexity index is 328. The van der Waals surface area contributed by atoms with E-state index in [1.54, 1.807) is 0 Å². The van der Waals surface area contributed by atoms with Crippen LogP contribution in [0.4, 0.5) is 5.95 Å². The minimum atomic E-state index is -0.00301. The molecule has 0 aliphatic heterocycles. The van der Waals surface area contributed by atoms with E-state index in [4.69, 9.17) is 0 Å². The third-order valence-electron chi connectivity index (χ3n) is 1.94. The molecule has 1 heterocycles. The van der Waals surface area contributed by atoms with Gasteiger partial charge in [0.1, 0.15) is 0 Å². The molecule has 4 heteroatoms. The normalized spacial score (nSPS) is 11.5. The minimum Gasteiger partial charge on any atom is -0.350 e. The molecule has 0 spiro atoms. The van der Waals surface area contributed by atoms with E-state index in [0.29, 0.717) is 5.95 Å². The number of aromatic nitrogens is 2. The second-order valence-electron chi connectivity index (χ2n) is 4.71. The Hall–Kier alpha value is -1.16. The number of hydrogen-bond acceptors (Lipinski definition) is 4. The quantitative estimate of drug-likeness (QED) is 0.794. The molecule has 84 valence electrons. The fourth-order valence-corrected chi connectivity index (χ4v) is 1.25. The second-order valence-corrected chi connectivity index (χ2v) is 4.71. The van der Waals surface area contributed by atoms with E-state index < -0.39 is 0 Å². The zero-order valence-electron chi connectivity index (χ0n) is 10.2. The van der Waals surface area contributed by atoms with Gasteiger partial charge in [-0.3, -0.25) is 0 Å². The smallest absolute Gasteiger partial charge is 0.223 e. The first-order valence-electron chi connectivity index (χ1n) is 5.17. The van der Waals surface area contributed by atoms with Crippen molar-refractivity contribution in [3.05, 3.63) is 17.5 Å². The molecule has 0 saturated heterocycles. The van der Waals surface area contributed by atoms with Crippen LogP contribution in [0.1, 0.15) is 32.0 Å². The highest BCUT2D eigenvalue weighted by Crippen LogP contribution is 2.11. The molecular weight excluding hydrogens is 188 g/mol. The number of nitrogens with zero attached hydrogens (tertiary/aromatic N) is 2. The van der Waals surface area contributed by atoms with Crippen molar-refractivity contribution in [2.45, 2.75) is 39.8 Å². The summed E-state index contributed by atoms with van der Waals surface area (Å²) in [6.45, 7) is 9.08. The molecule has 0 amide bonds. The monoisotopic (exact) mass is 208 g/mol. The first-order valence-corrected chi connectivity index (χ1v) is 5.17. The molecule has 0 aromatic carbocycles. The van der Waals surface area contributed by atoms with E-state index in [-0.39, 0.29) is 5.54 Å². The van der Waals surface area contributed by atoms with Crippen LogP contribution in [0.25, 0.3) is 0 Å². The molecule has 0 atom stereocenters. The van der Waals surface area contributed by atoms with Gasteiger partial charge in [0, 0.05) is 29.5 Å². The summed E-state index contributed by atoms with van der Waals surface area (Å²) in [5, 5.41) is 6.34.